The van der Waals surface area contributed by atoms with Gasteiger partial charge in [-0.2, -0.15) is 0 Å². The number of amides is 1. The molecule has 2 unspecified atom stereocenters. The minimum absolute atomic E-state index is 0.0514. The molecule has 4 nitrogen and oxygen atoms in total. The number of nitrogens with one attached hydrogen (secondary N) is 1. The Bertz CT molecular complexity index is 643. The Morgan fingerprint density at radius 3 is 2.42 bits per heavy atom. The topological polar surface area (TPSA) is 64.3 Å². The molecule has 0 aliphatic rings. The van der Waals surface area contributed by atoms with Crippen LogP contribution < -0.4 is 15.8 Å². The molecule has 2 aromatic rings. The second-order valence-electron chi connectivity index (χ2n) is 5.72. The quantitative estimate of drug-likeness (QED) is 0.776. The van der Waals surface area contributed by atoms with Crippen LogP contribution in [0.4, 0.5) is 0 Å². The van der Waals surface area contributed by atoms with Crippen LogP contribution >= 0.6 is 0 Å². The Balaban J connectivity index is 2.03. The fourth-order valence-electron chi connectivity index (χ4n) is 2.73. The maximum Gasteiger partial charge on any atom is 0.222 e. The highest BCUT2D eigenvalue weighted by Crippen LogP contribution is 2.27. The average molecular weight is 326 g/mol. The highest BCUT2D eigenvalue weighted by molar-refractivity contribution is 5.77. The molecular formula is C20H26N2O2. The molecule has 0 spiro atoms. The summed E-state index contributed by atoms with van der Waals surface area (Å²) in [6.45, 7) is 4.60. The van der Waals surface area contributed by atoms with Crippen molar-refractivity contribution < 1.29 is 9.53 Å². The lowest BCUT2D eigenvalue weighted by Crippen LogP contribution is -2.31. The van der Waals surface area contributed by atoms with Gasteiger partial charge in [0.05, 0.1) is 12.6 Å². The largest absolute Gasteiger partial charge is 0.494 e. The third-order valence-electron chi connectivity index (χ3n) is 3.97. The molecule has 0 saturated heterocycles. The normalized spacial score (nSPS) is 13.1. The van der Waals surface area contributed by atoms with Crippen molar-refractivity contribution in [1.29, 1.82) is 0 Å². The molecule has 0 fully saturated rings. The number of hydrogen-bond donors (Lipinski definition) is 2. The van der Waals surface area contributed by atoms with E-state index in [9.17, 15) is 4.79 Å². The fourth-order valence-corrected chi connectivity index (χ4v) is 2.73. The second kappa shape index (κ2) is 9.08. The van der Waals surface area contributed by atoms with Crippen molar-refractivity contribution in [3.63, 3.8) is 0 Å². The van der Waals surface area contributed by atoms with Gasteiger partial charge in [0.15, 0.2) is 0 Å². The lowest BCUT2D eigenvalue weighted by atomic mass is 10.0. The number of para-hydroxylation sites is 1. The molecule has 24 heavy (non-hydrogen) atoms. The van der Waals surface area contributed by atoms with Crippen LogP contribution in [0.25, 0.3) is 0 Å². The predicted octanol–water partition coefficient (Wildman–Crippen LogP) is 3.74. The van der Waals surface area contributed by atoms with Gasteiger partial charge in [-0.05, 0) is 25.0 Å². The first-order valence-electron chi connectivity index (χ1n) is 8.47. The Morgan fingerprint density at radius 1 is 1.08 bits per heavy atom. The summed E-state index contributed by atoms with van der Waals surface area (Å²) in [5, 5.41) is 3.08. The number of nitrogens with two attached hydrogens (primary N) is 1. The molecule has 0 radical (unpaired) electrons. The van der Waals surface area contributed by atoms with Crippen LogP contribution in [-0.4, -0.2) is 12.5 Å². The number of rotatable bonds is 8. The van der Waals surface area contributed by atoms with E-state index in [1.807, 2.05) is 68.4 Å². The summed E-state index contributed by atoms with van der Waals surface area (Å²) < 4.78 is 5.68. The second-order valence-corrected chi connectivity index (χ2v) is 5.72. The van der Waals surface area contributed by atoms with Crippen LogP contribution in [0, 0.1) is 0 Å². The third-order valence-corrected chi connectivity index (χ3v) is 3.97. The van der Waals surface area contributed by atoms with Crippen molar-refractivity contribution >= 4 is 5.91 Å². The fraction of sp³-hybridized carbons (Fsp3) is 0.350. The molecule has 0 aromatic heterocycles. The van der Waals surface area contributed by atoms with Crippen molar-refractivity contribution in [3.8, 4) is 5.75 Å². The Kier molecular flexibility index (Phi) is 6.82. The summed E-state index contributed by atoms with van der Waals surface area (Å²) in [4.78, 5) is 12.4. The van der Waals surface area contributed by atoms with Crippen molar-refractivity contribution in [1.82, 2.24) is 5.32 Å². The minimum Gasteiger partial charge on any atom is -0.494 e. The van der Waals surface area contributed by atoms with Crippen LogP contribution in [0.1, 0.15) is 49.9 Å². The number of hydrogen-bond acceptors (Lipinski definition) is 3. The van der Waals surface area contributed by atoms with Crippen molar-refractivity contribution in [3.05, 3.63) is 65.7 Å². The van der Waals surface area contributed by atoms with Crippen molar-refractivity contribution in [2.45, 2.75) is 38.8 Å². The number of benzene rings is 2. The highest BCUT2D eigenvalue weighted by Gasteiger charge is 2.18. The lowest BCUT2D eigenvalue weighted by Gasteiger charge is -2.21. The van der Waals surface area contributed by atoms with E-state index in [4.69, 9.17) is 10.5 Å². The van der Waals surface area contributed by atoms with E-state index in [1.54, 1.807) is 0 Å². The summed E-state index contributed by atoms with van der Waals surface area (Å²) >= 11 is 0. The molecule has 0 aliphatic carbocycles. The minimum atomic E-state index is -0.300. The van der Waals surface area contributed by atoms with E-state index in [0.29, 0.717) is 6.61 Å². The average Bonchev–Trinajstić information content (AvgIpc) is 2.61. The molecule has 4 heteroatoms. The summed E-state index contributed by atoms with van der Waals surface area (Å²) in [7, 11) is 0. The summed E-state index contributed by atoms with van der Waals surface area (Å²) in [5.41, 5.74) is 8.12. The predicted molar refractivity (Wildman–Crippen MR) is 96.8 cm³/mol. The molecular weight excluding hydrogens is 300 g/mol. The molecule has 0 bridgehead atoms. The van der Waals surface area contributed by atoms with Gasteiger partial charge >= 0.3 is 0 Å². The molecule has 2 rings (SSSR count). The molecule has 0 aliphatic heterocycles. The van der Waals surface area contributed by atoms with Crippen LogP contribution in [0.3, 0.4) is 0 Å². The lowest BCUT2D eigenvalue weighted by molar-refractivity contribution is -0.122. The van der Waals surface area contributed by atoms with Crippen LogP contribution in [0.2, 0.25) is 0 Å². The molecule has 0 heterocycles. The maximum absolute atomic E-state index is 12.4. The van der Waals surface area contributed by atoms with E-state index in [-0.39, 0.29) is 24.4 Å². The molecule has 0 saturated carbocycles. The first-order chi connectivity index (χ1) is 11.7. The maximum atomic E-state index is 12.4. The smallest absolute Gasteiger partial charge is 0.222 e. The van der Waals surface area contributed by atoms with Gasteiger partial charge in [0.2, 0.25) is 5.91 Å². The SMILES string of the molecule is CCOc1ccccc1C(CC)NC(=O)CC(N)c1ccccc1. The Hall–Kier alpha value is -2.33. The van der Waals surface area contributed by atoms with Gasteiger partial charge in [-0.15, -0.1) is 0 Å². The van der Waals surface area contributed by atoms with Gasteiger partial charge in [0, 0.05) is 18.0 Å². The summed E-state index contributed by atoms with van der Waals surface area (Å²) in [6.07, 6.45) is 1.05. The number of ether oxygens (including phenoxy) is 1. The van der Waals surface area contributed by atoms with E-state index in [2.05, 4.69) is 5.32 Å². The number of carbonyl (C=O) groups excluding carboxylic acids is 1. The standard InChI is InChI=1S/C20H26N2O2/c1-3-18(16-12-8-9-13-19(16)24-4-2)22-20(23)14-17(21)15-10-6-5-7-11-15/h5-13,17-18H,3-4,14,21H2,1-2H3,(H,22,23). The summed E-state index contributed by atoms with van der Waals surface area (Å²) in [5.74, 6) is 0.768. The molecule has 2 atom stereocenters. The zero-order valence-electron chi connectivity index (χ0n) is 14.4. The van der Waals surface area contributed by atoms with Gasteiger partial charge in [-0.25, -0.2) is 0 Å². The van der Waals surface area contributed by atoms with E-state index in [0.717, 1.165) is 23.3 Å². The van der Waals surface area contributed by atoms with Crippen LogP contribution in [0.5, 0.6) is 5.75 Å². The number of carbonyl (C=O) groups is 1. The summed E-state index contributed by atoms with van der Waals surface area (Å²) in [6, 6.07) is 17.1. The molecule has 128 valence electrons. The molecule has 3 N–H and O–H groups in total. The van der Waals surface area contributed by atoms with Crippen molar-refractivity contribution in [2.24, 2.45) is 5.73 Å². The molecule has 2 aromatic carbocycles. The monoisotopic (exact) mass is 326 g/mol. The van der Waals surface area contributed by atoms with Gasteiger partial charge in [0.1, 0.15) is 5.75 Å². The van der Waals surface area contributed by atoms with E-state index >= 15 is 0 Å². The van der Waals surface area contributed by atoms with Gasteiger partial charge in [-0.1, -0.05) is 55.5 Å². The van der Waals surface area contributed by atoms with Crippen molar-refractivity contribution in [2.75, 3.05) is 6.61 Å². The zero-order chi connectivity index (χ0) is 17.4. The van der Waals surface area contributed by atoms with Gasteiger partial charge in [-0.3, -0.25) is 4.79 Å². The van der Waals surface area contributed by atoms with E-state index < -0.39 is 0 Å². The third kappa shape index (κ3) is 4.83. The van der Waals surface area contributed by atoms with Gasteiger partial charge in [0.25, 0.3) is 0 Å². The van der Waals surface area contributed by atoms with E-state index in [1.165, 1.54) is 0 Å². The zero-order valence-corrected chi connectivity index (χ0v) is 14.4. The molecule has 1 amide bonds. The Morgan fingerprint density at radius 2 is 1.75 bits per heavy atom. The first kappa shape index (κ1) is 18.0. The Labute approximate surface area is 144 Å². The highest BCUT2D eigenvalue weighted by atomic mass is 16.5. The van der Waals surface area contributed by atoms with Gasteiger partial charge < -0.3 is 15.8 Å². The van der Waals surface area contributed by atoms with Crippen LogP contribution in [-0.2, 0) is 4.79 Å². The first-order valence-corrected chi connectivity index (χ1v) is 8.47. The van der Waals surface area contributed by atoms with Crippen LogP contribution in [0.15, 0.2) is 54.6 Å².